The molecular formula is C17H21F2N7O+2. The third-order valence-electron chi connectivity index (χ3n) is 5.33. The van der Waals surface area contributed by atoms with Crippen LogP contribution in [0.5, 0.6) is 0 Å². The average Bonchev–Trinajstić information content (AvgIpc) is 3.31. The number of benzene rings is 1. The predicted octanol–water partition coefficient (Wildman–Crippen LogP) is 0.402. The third-order valence-corrected chi connectivity index (χ3v) is 5.33. The van der Waals surface area contributed by atoms with Gasteiger partial charge in [0.15, 0.2) is 5.71 Å². The van der Waals surface area contributed by atoms with E-state index in [1.165, 1.54) is 18.7 Å². The van der Waals surface area contributed by atoms with Crippen LogP contribution in [0.1, 0.15) is 12.5 Å². The molecule has 0 aliphatic carbocycles. The number of hydrogen-bond donors (Lipinski definition) is 2. The molecule has 142 valence electrons. The van der Waals surface area contributed by atoms with Crippen LogP contribution in [0.25, 0.3) is 0 Å². The van der Waals surface area contributed by atoms with Gasteiger partial charge < -0.3 is 5.11 Å². The van der Waals surface area contributed by atoms with Gasteiger partial charge in [-0.15, -0.1) is 4.68 Å². The number of nitrogens with zero attached hydrogens (tertiary/aromatic N) is 6. The van der Waals surface area contributed by atoms with Crippen LogP contribution in [0, 0.1) is 11.6 Å². The van der Waals surface area contributed by atoms with Crippen LogP contribution in [0.15, 0.2) is 41.2 Å². The van der Waals surface area contributed by atoms with Crippen LogP contribution >= 0.6 is 0 Å². The number of aromatic nitrogens is 3. The van der Waals surface area contributed by atoms with Crippen LogP contribution in [-0.2, 0) is 12.1 Å². The Hall–Kier alpha value is -2.59. The highest BCUT2D eigenvalue weighted by Gasteiger charge is 2.45. The van der Waals surface area contributed by atoms with Gasteiger partial charge in [0.05, 0.1) is 6.54 Å². The maximum atomic E-state index is 14.6. The minimum Gasteiger partial charge on any atom is -0.379 e. The molecule has 2 aliphatic heterocycles. The molecule has 0 spiro atoms. The summed E-state index contributed by atoms with van der Waals surface area (Å²) in [6, 6.07) is 2.81. The van der Waals surface area contributed by atoms with Gasteiger partial charge in [0.25, 0.3) is 0 Å². The van der Waals surface area contributed by atoms with Crippen molar-refractivity contribution in [2.24, 2.45) is 10.3 Å². The van der Waals surface area contributed by atoms with Crippen molar-refractivity contribution in [3.63, 3.8) is 0 Å². The van der Waals surface area contributed by atoms with Crippen molar-refractivity contribution in [2.75, 3.05) is 26.2 Å². The summed E-state index contributed by atoms with van der Waals surface area (Å²) < 4.78 is 31.5. The summed E-state index contributed by atoms with van der Waals surface area (Å²) in [6.07, 6.45) is 2.99. The fourth-order valence-electron chi connectivity index (χ4n) is 3.72. The van der Waals surface area contributed by atoms with Gasteiger partial charge in [0, 0.05) is 29.3 Å². The molecule has 10 heteroatoms. The molecule has 8 nitrogen and oxygen atoms in total. The second kappa shape index (κ2) is 6.86. The second-order valence-electron chi connectivity index (χ2n) is 6.92. The van der Waals surface area contributed by atoms with E-state index in [2.05, 4.69) is 25.3 Å². The van der Waals surface area contributed by atoms with Crippen molar-refractivity contribution in [3.05, 3.63) is 48.1 Å². The molecule has 2 aliphatic rings. The summed E-state index contributed by atoms with van der Waals surface area (Å²) in [6.45, 7) is 4.29. The van der Waals surface area contributed by atoms with E-state index in [1.54, 1.807) is 4.68 Å². The van der Waals surface area contributed by atoms with Gasteiger partial charge in [-0.2, -0.15) is 9.78 Å². The molecule has 2 atom stereocenters. The van der Waals surface area contributed by atoms with E-state index in [-0.39, 0.29) is 12.1 Å². The van der Waals surface area contributed by atoms with Crippen molar-refractivity contribution in [1.82, 2.24) is 15.0 Å². The lowest BCUT2D eigenvalue weighted by Crippen LogP contribution is -2.60. The first kappa shape index (κ1) is 17.8. The lowest BCUT2D eigenvalue weighted by Gasteiger charge is -2.40. The van der Waals surface area contributed by atoms with E-state index in [0.29, 0.717) is 26.2 Å². The number of nitrogens with one attached hydrogen (secondary N) is 1. The Morgan fingerprint density at radius 3 is 3.00 bits per heavy atom. The summed E-state index contributed by atoms with van der Waals surface area (Å²) in [5, 5.41) is 22.6. The summed E-state index contributed by atoms with van der Waals surface area (Å²) in [5.41, 5.74) is -0.513. The van der Waals surface area contributed by atoms with Crippen LogP contribution < -0.4 is 4.68 Å². The summed E-state index contributed by atoms with van der Waals surface area (Å²) in [7, 11) is 0. The minimum absolute atomic E-state index is 0.0427. The standard InChI is InChI=1S/C17H20F2N7O/c1-12(24-4-5-26-14(8-24)7-21-23-26)17(27,9-25-11-20-10-22-25)15-3-2-13(18)6-16(15)19/h2-3,6,10-12,27H,4-5,7-9H2,1H3/q+1/p+1/t12-,17-/m1/s1. The highest BCUT2D eigenvalue weighted by Crippen LogP contribution is 2.32. The van der Waals surface area contributed by atoms with Crippen molar-refractivity contribution in [1.29, 1.82) is 0 Å². The van der Waals surface area contributed by atoms with Crippen LogP contribution in [0.3, 0.4) is 0 Å². The van der Waals surface area contributed by atoms with Gasteiger partial charge in [0.1, 0.15) is 35.5 Å². The van der Waals surface area contributed by atoms with Gasteiger partial charge in [0.2, 0.25) is 12.9 Å². The van der Waals surface area contributed by atoms with Crippen molar-refractivity contribution in [3.8, 4) is 0 Å². The Morgan fingerprint density at radius 1 is 1.41 bits per heavy atom. The lowest BCUT2D eigenvalue weighted by atomic mass is 9.85. The normalized spacial score (nSPS) is 20.6. The first-order chi connectivity index (χ1) is 13.0. The summed E-state index contributed by atoms with van der Waals surface area (Å²) in [5.74, 6) is -1.46. The monoisotopic (exact) mass is 377 g/mol. The lowest BCUT2D eigenvalue weighted by molar-refractivity contribution is -0.765. The first-order valence-electron chi connectivity index (χ1n) is 8.77. The Labute approximate surface area is 154 Å². The largest absolute Gasteiger partial charge is 0.379 e. The van der Waals surface area contributed by atoms with E-state index in [9.17, 15) is 13.9 Å². The van der Waals surface area contributed by atoms with Gasteiger partial charge in [-0.05, 0) is 18.0 Å². The fraction of sp³-hybridized carbons (Fsp3) is 0.471. The number of aromatic amines is 1. The molecule has 0 radical (unpaired) electrons. The second-order valence-corrected chi connectivity index (χ2v) is 6.92. The van der Waals surface area contributed by atoms with E-state index < -0.39 is 23.3 Å². The molecule has 0 amide bonds. The number of rotatable bonds is 5. The molecule has 0 saturated carbocycles. The zero-order valence-corrected chi connectivity index (χ0v) is 14.9. The third kappa shape index (κ3) is 3.26. The Morgan fingerprint density at radius 2 is 2.26 bits per heavy atom. The minimum atomic E-state index is -1.61. The molecule has 27 heavy (non-hydrogen) atoms. The Bertz CT molecular complexity index is 899. The first-order valence-corrected chi connectivity index (χ1v) is 8.77. The van der Waals surface area contributed by atoms with E-state index in [4.69, 9.17) is 0 Å². The zero-order chi connectivity index (χ0) is 19.0. The van der Waals surface area contributed by atoms with Gasteiger partial charge in [-0.1, -0.05) is 6.07 Å². The fourth-order valence-corrected chi connectivity index (χ4v) is 3.72. The molecular weight excluding hydrogens is 356 g/mol. The maximum Gasteiger partial charge on any atom is 0.306 e. The molecule has 3 heterocycles. The summed E-state index contributed by atoms with van der Waals surface area (Å²) in [4.78, 5) is 6.02. The molecule has 4 rings (SSSR count). The van der Waals surface area contributed by atoms with Gasteiger partial charge >= 0.3 is 6.33 Å². The van der Waals surface area contributed by atoms with Crippen LogP contribution in [0.4, 0.5) is 8.78 Å². The molecule has 0 bridgehead atoms. The molecule has 1 aromatic carbocycles. The zero-order valence-electron chi connectivity index (χ0n) is 14.9. The van der Waals surface area contributed by atoms with Crippen molar-refractivity contribution >= 4 is 5.71 Å². The Kier molecular flexibility index (Phi) is 4.52. The molecule has 1 aromatic heterocycles. The predicted molar refractivity (Wildman–Crippen MR) is 89.9 cm³/mol. The number of aliphatic hydroxyl groups is 1. The summed E-state index contributed by atoms with van der Waals surface area (Å²) >= 11 is 0. The number of H-pyrrole nitrogens is 1. The van der Waals surface area contributed by atoms with Gasteiger partial charge in [-0.3, -0.25) is 4.90 Å². The molecule has 0 unspecified atom stereocenters. The average molecular weight is 377 g/mol. The molecule has 2 aromatic rings. The van der Waals surface area contributed by atoms with E-state index in [0.717, 1.165) is 17.8 Å². The van der Waals surface area contributed by atoms with E-state index in [1.807, 2.05) is 11.6 Å². The highest BCUT2D eigenvalue weighted by molar-refractivity contribution is 5.84. The van der Waals surface area contributed by atoms with E-state index >= 15 is 0 Å². The van der Waals surface area contributed by atoms with Gasteiger partial charge in [-0.25, -0.2) is 8.78 Å². The highest BCUT2D eigenvalue weighted by atomic mass is 19.1. The smallest absolute Gasteiger partial charge is 0.306 e. The topological polar surface area (TPSA) is 83.8 Å². The van der Waals surface area contributed by atoms with Crippen molar-refractivity contribution < 1.29 is 23.3 Å². The molecule has 2 N–H and O–H groups in total. The van der Waals surface area contributed by atoms with Crippen LogP contribution in [0.2, 0.25) is 0 Å². The molecule has 0 saturated heterocycles. The number of halogens is 2. The van der Waals surface area contributed by atoms with Crippen LogP contribution in [-0.4, -0.2) is 62.7 Å². The maximum absolute atomic E-state index is 14.6. The van der Waals surface area contributed by atoms with Crippen molar-refractivity contribution in [2.45, 2.75) is 25.1 Å². The molecule has 0 fully saturated rings. The quantitative estimate of drug-likeness (QED) is 0.740. The number of hydrogen-bond acceptors (Lipinski definition) is 5. The Balaban J connectivity index is 1.69. The SMILES string of the molecule is C[C@@H](N1CC[N+]2=C(CN=N2)C1)[C@](O)(C[n+]1cnc[nH]1)c1ccc(F)cc1F.